The second kappa shape index (κ2) is 4.64. The highest BCUT2D eigenvalue weighted by Gasteiger charge is 2.18. The van der Waals surface area contributed by atoms with Crippen LogP contribution in [-0.2, 0) is 4.74 Å². The molecule has 0 aromatic heterocycles. The van der Waals surface area contributed by atoms with E-state index in [0.29, 0.717) is 19.7 Å². The highest BCUT2D eigenvalue weighted by molar-refractivity contribution is 4.69. The van der Waals surface area contributed by atoms with Crippen molar-refractivity contribution in [3.05, 3.63) is 0 Å². The summed E-state index contributed by atoms with van der Waals surface area (Å²) < 4.78 is 17.1. The van der Waals surface area contributed by atoms with Crippen LogP contribution in [0.3, 0.4) is 0 Å². The van der Waals surface area contributed by atoms with Crippen LogP contribution in [0.4, 0.5) is 4.39 Å². The molecule has 1 heterocycles. The maximum absolute atomic E-state index is 11.9. The minimum atomic E-state index is -0.321. The fourth-order valence-electron chi connectivity index (χ4n) is 1.21. The molecule has 0 aromatic carbocycles. The average Bonchev–Trinajstić information content (AvgIpc) is 2.06. The fraction of sp³-hybridized carbons (Fsp3) is 1.00. The van der Waals surface area contributed by atoms with E-state index < -0.39 is 0 Å². The van der Waals surface area contributed by atoms with Crippen molar-refractivity contribution in [3.8, 4) is 0 Å². The summed E-state index contributed by atoms with van der Waals surface area (Å²) in [6.07, 6.45) is -0.115. The van der Waals surface area contributed by atoms with Crippen molar-refractivity contribution in [2.45, 2.75) is 6.10 Å². The number of aliphatic hydroxyl groups excluding tert-OH is 1. The Labute approximate surface area is 65.8 Å². The lowest BCUT2D eigenvalue weighted by Crippen LogP contribution is -2.44. The number of morpholine rings is 1. The molecule has 1 fully saturated rings. The van der Waals surface area contributed by atoms with Gasteiger partial charge in [0.2, 0.25) is 0 Å². The molecule has 0 aromatic rings. The average molecular weight is 163 g/mol. The van der Waals surface area contributed by atoms with E-state index in [0.717, 1.165) is 6.54 Å². The van der Waals surface area contributed by atoms with Crippen molar-refractivity contribution in [2.75, 3.05) is 39.5 Å². The predicted octanol–water partition coefficient (Wildman–Crippen LogP) is -0.351. The second-order valence-corrected chi connectivity index (χ2v) is 2.66. The Morgan fingerprint density at radius 1 is 1.64 bits per heavy atom. The molecule has 1 atom stereocenters. The summed E-state index contributed by atoms with van der Waals surface area (Å²) in [5.74, 6) is 0. The van der Waals surface area contributed by atoms with Gasteiger partial charge < -0.3 is 9.84 Å². The molecule has 11 heavy (non-hydrogen) atoms. The number of nitrogens with zero attached hydrogens (tertiary/aromatic N) is 1. The van der Waals surface area contributed by atoms with Gasteiger partial charge in [-0.15, -0.1) is 0 Å². The monoisotopic (exact) mass is 163 g/mol. The number of aliphatic hydroxyl groups is 1. The van der Waals surface area contributed by atoms with Gasteiger partial charge in [0, 0.05) is 19.6 Å². The van der Waals surface area contributed by atoms with Crippen LogP contribution < -0.4 is 0 Å². The van der Waals surface area contributed by atoms with Gasteiger partial charge in [0.05, 0.1) is 19.3 Å². The molecule has 1 aliphatic rings. The van der Waals surface area contributed by atoms with Crippen LogP contribution in [0.25, 0.3) is 0 Å². The first kappa shape index (κ1) is 8.90. The topological polar surface area (TPSA) is 32.7 Å². The lowest BCUT2D eigenvalue weighted by atomic mass is 10.3. The second-order valence-electron chi connectivity index (χ2n) is 2.66. The summed E-state index contributed by atoms with van der Waals surface area (Å²) in [5, 5.41) is 8.73. The Morgan fingerprint density at radius 2 is 2.45 bits per heavy atom. The first-order chi connectivity index (χ1) is 5.36. The molecule has 0 saturated carbocycles. The summed E-state index contributed by atoms with van der Waals surface area (Å²) in [7, 11) is 0. The fourth-order valence-corrected chi connectivity index (χ4v) is 1.21. The van der Waals surface area contributed by atoms with Crippen molar-refractivity contribution in [1.82, 2.24) is 4.90 Å². The quantitative estimate of drug-likeness (QED) is 0.617. The van der Waals surface area contributed by atoms with E-state index in [9.17, 15) is 4.39 Å². The summed E-state index contributed by atoms with van der Waals surface area (Å²) in [4.78, 5) is 1.96. The van der Waals surface area contributed by atoms with Crippen molar-refractivity contribution in [3.63, 3.8) is 0 Å². The highest BCUT2D eigenvalue weighted by Crippen LogP contribution is 2.03. The van der Waals surface area contributed by atoms with Gasteiger partial charge in [0.15, 0.2) is 0 Å². The van der Waals surface area contributed by atoms with Crippen LogP contribution >= 0.6 is 0 Å². The number of alkyl halides is 1. The van der Waals surface area contributed by atoms with Gasteiger partial charge in [-0.3, -0.25) is 4.90 Å². The summed E-state index contributed by atoms with van der Waals surface area (Å²) in [5.41, 5.74) is 0. The lowest BCUT2D eigenvalue weighted by molar-refractivity contribution is -0.0535. The number of halogens is 1. The summed E-state index contributed by atoms with van der Waals surface area (Å²) in [6, 6.07) is 0. The van der Waals surface area contributed by atoms with Gasteiger partial charge >= 0.3 is 0 Å². The predicted molar refractivity (Wildman–Crippen MR) is 39.2 cm³/mol. The number of ether oxygens (including phenoxy) is 1. The van der Waals surface area contributed by atoms with Crippen molar-refractivity contribution >= 4 is 0 Å². The van der Waals surface area contributed by atoms with Crippen molar-refractivity contribution < 1.29 is 14.2 Å². The summed E-state index contributed by atoms with van der Waals surface area (Å²) in [6.45, 7) is 2.20. The van der Waals surface area contributed by atoms with Gasteiger partial charge in [-0.2, -0.15) is 0 Å². The Morgan fingerprint density at radius 3 is 3.09 bits per heavy atom. The molecule has 66 valence electrons. The van der Waals surface area contributed by atoms with Crippen LogP contribution in [0, 0.1) is 0 Å². The van der Waals surface area contributed by atoms with E-state index in [1.54, 1.807) is 0 Å². The molecule has 1 N–H and O–H groups in total. The number of rotatable bonds is 3. The third-order valence-electron chi connectivity index (χ3n) is 1.83. The van der Waals surface area contributed by atoms with E-state index in [2.05, 4.69) is 0 Å². The first-order valence-corrected chi connectivity index (χ1v) is 3.87. The SMILES string of the molecule is OCC1CN(CCF)CCO1. The zero-order valence-electron chi connectivity index (χ0n) is 6.50. The first-order valence-electron chi connectivity index (χ1n) is 3.87. The van der Waals surface area contributed by atoms with E-state index in [1.807, 2.05) is 4.90 Å². The van der Waals surface area contributed by atoms with Gasteiger partial charge in [0.25, 0.3) is 0 Å². The zero-order valence-corrected chi connectivity index (χ0v) is 6.50. The van der Waals surface area contributed by atoms with Gasteiger partial charge in [0.1, 0.15) is 6.67 Å². The molecular weight excluding hydrogens is 149 g/mol. The molecule has 0 amide bonds. The molecule has 3 nitrogen and oxygen atoms in total. The number of hydrogen-bond donors (Lipinski definition) is 1. The molecule has 0 aliphatic carbocycles. The van der Waals surface area contributed by atoms with E-state index in [4.69, 9.17) is 9.84 Å². The Hall–Kier alpha value is -0.190. The van der Waals surface area contributed by atoms with Gasteiger partial charge in [-0.25, -0.2) is 4.39 Å². The molecule has 1 unspecified atom stereocenters. The molecular formula is C7H14FNO2. The Kier molecular flexibility index (Phi) is 3.76. The van der Waals surface area contributed by atoms with Crippen LogP contribution in [0.2, 0.25) is 0 Å². The molecule has 0 radical (unpaired) electrons. The van der Waals surface area contributed by atoms with Gasteiger partial charge in [-0.1, -0.05) is 0 Å². The minimum Gasteiger partial charge on any atom is -0.394 e. The Balaban J connectivity index is 2.21. The molecule has 1 saturated heterocycles. The third kappa shape index (κ3) is 2.73. The maximum atomic E-state index is 11.9. The summed E-state index contributed by atoms with van der Waals surface area (Å²) >= 11 is 0. The Bertz CT molecular complexity index is 111. The molecule has 0 spiro atoms. The van der Waals surface area contributed by atoms with Crippen LogP contribution in [0.5, 0.6) is 0 Å². The zero-order chi connectivity index (χ0) is 8.10. The lowest BCUT2D eigenvalue weighted by Gasteiger charge is -2.31. The third-order valence-corrected chi connectivity index (χ3v) is 1.83. The standard InChI is InChI=1S/C7H14FNO2/c8-1-2-9-3-4-11-7(5-9)6-10/h7,10H,1-6H2. The molecule has 1 rings (SSSR count). The van der Waals surface area contributed by atoms with Crippen LogP contribution in [0.15, 0.2) is 0 Å². The molecule has 0 bridgehead atoms. The van der Waals surface area contributed by atoms with Crippen molar-refractivity contribution in [1.29, 1.82) is 0 Å². The molecule has 1 aliphatic heterocycles. The largest absolute Gasteiger partial charge is 0.394 e. The van der Waals surface area contributed by atoms with Crippen molar-refractivity contribution in [2.24, 2.45) is 0 Å². The van der Waals surface area contributed by atoms with E-state index in [1.165, 1.54) is 0 Å². The van der Waals surface area contributed by atoms with E-state index >= 15 is 0 Å². The number of hydrogen-bond acceptors (Lipinski definition) is 3. The smallest absolute Gasteiger partial charge is 0.102 e. The van der Waals surface area contributed by atoms with Crippen LogP contribution in [-0.4, -0.2) is 55.6 Å². The van der Waals surface area contributed by atoms with Crippen LogP contribution in [0.1, 0.15) is 0 Å². The normalized spacial score (nSPS) is 27.3. The minimum absolute atomic E-state index is 0.0305. The van der Waals surface area contributed by atoms with Gasteiger partial charge in [-0.05, 0) is 0 Å². The maximum Gasteiger partial charge on any atom is 0.102 e. The van der Waals surface area contributed by atoms with E-state index in [-0.39, 0.29) is 19.4 Å². The molecule has 4 heteroatoms. The highest BCUT2D eigenvalue weighted by atomic mass is 19.1.